The van der Waals surface area contributed by atoms with E-state index < -0.39 is 11.6 Å². The van der Waals surface area contributed by atoms with Gasteiger partial charge in [-0.1, -0.05) is 13.8 Å². The van der Waals surface area contributed by atoms with E-state index in [0.29, 0.717) is 5.56 Å². The summed E-state index contributed by atoms with van der Waals surface area (Å²) >= 11 is 0. The van der Waals surface area contributed by atoms with E-state index in [4.69, 9.17) is 0 Å². The van der Waals surface area contributed by atoms with Crippen LogP contribution in [0.5, 0.6) is 0 Å². The van der Waals surface area contributed by atoms with Gasteiger partial charge >= 0.3 is 0 Å². The molecule has 0 radical (unpaired) electrons. The molecule has 0 aliphatic heterocycles. The van der Waals surface area contributed by atoms with E-state index in [1.807, 2.05) is 13.8 Å². The number of pyridine rings is 2. The second-order valence-electron chi connectivity index (χ2n) is 3.35. The Balaban J connectivity index is 0.000000303. The number of aromatic nitrogens is 2. The Hall–Kier alpha value is -1.91. The fourth-order valence-corrected chi connectivity index (χ4v) is 0.921. The molecule has 2 aromatic heterocycles. The molecule has 2 rings (SSSR count). The lowest BCUT2D eigenvalue weighted by molar-refractivity contribution is 0.558. The Morgan fingerprint density at radius 2 is 1.26 bits per heavy atom. The number of hydrogen-bond acceptors (Lipinski definition) is 2. The summed E-state index contributed by atoms with van der Waals surface area (Å²) in [7, 11) is 0. The third-order valence-corrected chi connectivity index (χ3v) is 2.07. The molecule has 2 heterocycles. The van der Waals surface area contributed by atoms with Gasteiger partial charge in [0.1, 0.15) is 17.5 Å². The molecule has 104 valence electrons. The molecular weight excluding hydrogens is 253 g/mol. The van der Waals surface area contributed by atoms with E-state index in [0.717, 1.165) is 12.4 Å². The summed E-state index contributed by atoms with van der Waals surface area (Å²) in [5, 5.41) is 0. The fraction of sp³-hybridized carbons (Fsp3) is 0.286. The number of aryl methyl sites for hydroxylation is 1. The predicted molar refractivity (Wildman–Crippen MR) is 69.2 cm³/mol. The molecule has 0 spiro atoms. The van der Waals surface area contributed by atoms with E-state index in [2.05, 4.69) is 9.97 Å². The van der Waals surface area contributed by atoms with Crippen molar-refractivity contribution >= 4 is 0 Å². The maximum atomic E-state index is 12.3. The molecular formula is C14H17F3N2. The quantitative estimate of drug-likeness (QED) is 0.716. The van der Waals surface area contributed by atoms with Crippen LogP contribution in [0, 0.1) is 31.3 Å². The van der Waals surface area contributed by atoms with Gasteiger partial charge in [-0.2, -0.15) is 0 Å². The maximum absolute atomic E-state index is 12.3. The lowest BCUT2D eigenvalue weighted by Gasteiger charge is -1.93. The number of halogens is 3. The molecule has 0 fully saturated rings. The van der Waals surface area contributed by atoms with Crippen LogP contribution >= 0.6 is 0 Å². The minimum Gasteiger partial charge on any atom is -0.262 e. The monoisotopic (exact) mass is 270 g/mol. The van der Waals surface area contributed by atoms with Gasteiger partial charge in [-0.3, -0.25) is 9.97 Å². The van der Waals surface area contributed by atoms with Crippen LogP contribution in [0.1, 0.15) is 25.0 Å². The van der Waals surface area contributed by atoms with Crippen molar-refractivity contribution in [3.05, 3.63) is 59.4 Å². The van der Waals surface area contributed by atoms with Gasteiger partial charge in [0.05, 0.1) is 18.6 Å². The largest absolute Gasteiger partial charge is 0.262 e. The molecule has 2 aromatic rings. The lowest BCUT2D eigenvalue weighted by atomic mass is 10.3. The van der Waals surface area contributed by atoms with E-state index in [1.165, 1.54) is 13.1 Å². The van der Waals surface area contributed by atoms with Crippen LogP contribution in [-0.4, -0.2) is 9.97 Å². The van der Waals surface area contributed by atoms with Crippen LogP contribution in [-0.2, 0) is 0 Å². The minimum absolute atomic E-state index is 0.0185. The number of nitrogens with zero attached hydrogens (tertiary/aromatic N) is 2. The first-order valence-electron chi connectivity index (χ1n) is 5.84. The molecule has 0 aliphatic rings. The highest BCUT2D eigenvalue weighted by molar-refractivity contribution is 5.11. The first-order valence-corrected chi connectivity index (χ1v) is 5.84. The van der Waals surface area contributed by atoms with E-state index in [9.17, 15) is 13.2 Å². The van der Waals surface area contributed by atoms with E-state index >= 15 is 0 Å². The zero-order valence-electron chi connectivity index (χ0n) is 11.4. The van der Waals surface area contributed by atoms with Crippen molar-refractivity contribution in [2.24, 2.45) is 0 Å². The average Bonchev–Trinajstić information content (AvgIpc) is 2.42. The van der Waals surface area contributed by atoms with Gasteiger partial charge < -0.3 is 0 Å². The van der Waals surface area contributed by atoms with Crippen LogP contribution in [0.2, 0.25) is 0 Å². The van der Waals surface area contributed by atoms with Crippen LogP contribution in [0.25, 0.3) is 0 Å². The van der Waals surface area contributed by atoms with Crippen molar-refractivity contribution in [1.29, 1.82) is 0 Å². The van der Waals surface area contributed by atoms with Crippen LogP contribution < -0.4 is 0 Å². The molecule has 0 atom stereocenters. The second-order valence-corrected chi connectivity index (χ2v) is 3.35. The molecule has 2 nitrogen and oxygen atoms in total. The molecule has 0 unspecified atom stereocenters. The van der Waals surface area contributed by atoms with Gasteiger partial charge in [0.15, 0.2) is 0 Å². The summed E-state index contributed by atoms with van der Waals surface area (Å²) in [6, 6.07) is 1.63. The highest BCUT2D eigenvalue weighted by Gasteiger charge is 2.00. The van der Waals surface area contributed by atoms with E-state index in [-0.39, 0.29) is 11.4 Å². The van der Waals surface area contributed by atoms with Crippen LogP contribution in [0.3, 0.4) is 0 Å². The van der Waals surface area contributed by atoms with Gasteiger partial charge in [-0.05, 0) is 25.5 Å². The number of hydrogen-bond donors (Lipinski definition) is 0. The SMILES string of the molecule is CC.Cc1c(F)cncc1F.Cc1ccncc1F. The highest BCUT2D eigenvalue weighted by atomic mass is 19.1. The number of rotatable bonds is 0. The highest BCUT2D eigenvalue weighted by Crippen LogP contribution is 2.06. The molecule has 19 heavy (non-hydrogen) atoms. The molecule has 0 saturated carbocycles. The van der Waals surface area contributed by atoms with Crippen molar-refractivity contribution in [2.45, 2.75) is 27.7 Å². The van der Waals surface area contributed by atoms with Gasteiger partial charge in [-0.15, -0.1) is 0 Å². The summed E-state index contributed by atoms with van der Waals surface area (Å²) in [5.74, 6) is -1.45. The smallest absolute Gasteiger partial charge is 0.147 e. The average molecular weight is 270 g/mol. The Labute approximate surface area is 111 Å². The normalized spacial score (nSPS) is 8.79. The predicted octanol–water partition coefficient (Wildman–Crippen LogP) is 4.22. The Morgan fingerprint density at radius 3 is 1.58 bits per heavy atom. The van der Waals surface area contributed by atoms with Crippen molar-refractivity contribution in [3.63, 3.8) is 0 Å². The van der Waals surface area contributed by atoms with Crippen molar-refractivity contribution in [1.82, 2.24) is 9.97 Å². The summed E-state index contributed by atoms with van der Waals surface area (Å²) in [6.45, 7) is 7.07. The molecule has 0 amide bonds. The third-order valence-electron chi connectivity index (χ3n) is 2.07. The molecule has 0 bridgehead atoms. The zero-order valence-corrected chi connectivity index (χ0v) is 11.4. The van der Waals surface area contributed by atoms with Crippen molar-refractivity contribution < 1.29 is 13.2 Å². The molecule has 0 aromatic carbocycles. The Morgan fingerprint density at radius 1 is 0.789 bits per heavy atom. The first-order chi connectivity index (χ1) is 9.02. The van der Waals surface area contributed by atoms with Gasteiger partial charge in [0.2, 0.25) is 0 Å². The van der Waals surface area contributed by atoms with Crippen LogP contribution in [0.4, 0.5) is 13.2 Å². The zero-order chi connectivity index (χ0) is 14.8. The van der Waals surface area contributed by atoms with Gasteiger partial charge in [-0.25, -0.2) is 13.2 Å². The topological polar surface area (TPSA) is 25.8 Å². The Bertz CT molecular complexity index is 461. The minimum atomic E-state index is -0.602. The molecule has 0 aliphatic carbocycles. The maximum Gasteiger partial charge on any atom is 0.147 e. The lowest BCUT2D eigenvalue weighted by Crippen LogP contribution is -1.88. The summed E-state index contributed by atoms with van der Waals surface area (Å²) in [6.07, 6.45) is 4.74. The van der Waals surface area contributed by atoms with Gasteiger partial charge in [0.25, 0.3) is 0 Å². The van der Waals surface area contributed by atoms with E-state index in [1.54, 1.807) is 19.2 Å². The van der Waals surface area contributed by atoms with Gasteiger partial charge in [0, 0.05) is 11.8 Å². The second kappa shape index (κ2) is 9.08. The van der Waals surface area contributed by atoms with Crippen LogP contribution in [0.15, 0.2) is 30.9 Å². The first kappa shape index (κ1) is 17.1. The fourth-order valence-electron chi connectivity index (χ4n) is 0.921. The molecule has 0 N–H and O–H groups in total. The standard InChI is InChI=1S/C6H5F2N.C6H6FN.C2H6/c1-4-5(7)2-9-3-6(4)8;1-5-2-3-8-4-6(5)7;1-2/h2-3H,1H3;2-4H,1H3;1-2H3. The molecule has 0 saturated heterocycles. The van der Waals surface area contributed by atoms with Crippen molar-refractivity contribution in [3.8, 4) is 0 Å². The van der Waals surface area contributed by atoms with Crippen molar-refractivity contribution in [2.75, 3.05) is 0 Å². The Kier molecular flexibility index (Phi) is 8.17. The summed E-state index contributed by atoms with van der Waals surface area (Å²) in [4.78, 5) is 6.86. The summed E-state index contributed by atoms with van der Waals surface area (Å²) in [5.41, 5.74) is 0.657. The molecule has 5 heteroatoms. The third kappa shape index (κ3) is 5.99. The summed E-state index contributed by atoms with van der Waals surface area (Å²) < 4.78 is 36.8.